The lowest BCUT2D eigenvalue weighted by atomic mass is 10.1. The molecule has 1 saturated heterocycles. The Hall–Kier alpha value is -1.08. The van der Waals surface area contributed by atoms with Gasteiger partial charge < -0.3 is 5.32 Å². The molecule has 18 heavy (non-hydrogen) atoms. The minimum Gasteiger partial charge on any atom is -0.361 e. The number of aromatic nitrogens is 2. The molecule has 0 atom stereocenters. The van der Waals surface area contributed by atoms with Crippen LogP contribution in [0.1, 0.15) is 18.5 Å². The predicted molar refractivity (Wildman–Crippen MR) is 72.4 cm³/mol. The molecule has 0 amide bonds. The SMILES string of the molecule is Cc1nc(Cl)nc(NC2CCSCC2)c1[N+](=O)[O-]. The van der Waals surface area contributed by atoms with Crippen molar-refractivity contribution >= 4 is 34.9 Å². The summed E-state index contributed by atoms with van der Waals surface area (Å²) in [6, 6.07) is 0.218. The Morgan fingerprint density at radius 1 is 1.44 bits per heavy atom. The van der Waals surface area contributed by atoms with Crippen molar-refractivity contribution < 1.29 is 4.92 Å². The van der Waals surface area contributed by atoms with Crippen molar-refractivity contribution in [1.29, 1.82) is 0 Å². The molecule has 1 aliphatic rings. The fourth-order valence-electron chi connectivity index (χ4n) is 1.89. The molecule has 0 spiro atoms. The molecule has 1 aliphatic heterocycles. The molecule has 0 aromatic carbocycles. The molecule has 1 fully saturated rings. The van der Waals surface area contributed by atoms with E-state index in [4.69, 9.17) is 11.6 Å². The third-order valence-electron chi connectivity index (χ3n) is 2.78. The summed E-state index contributed by atoms with van der Waals surface area (Å²) in [4.78, 5) is 18.3. The van der Waals surface area contributed by atoms with Gasteiger partial charge >= 0.3 is 5.69 Å². The van der Waals surface area contributed by atoms with Crippen molar-refractivity contribution in [2.24, 2.45) is 0 Å². The summed E-state index contributed by atoms with van der Waals surface area (Å²) < 4.78 is 0. The highest BCUT2D eigenvalue weighted by Gasteiger charge is 2.24. The zero-order chi connectivity index (χ0) is 13.1. The molecule has 1 aromatic heterocycles. The summed E-state index contributed by atoms with van der Waals surface area (Å²) >= 11 is 7.65. The smallest absolute Gasteiger partial charge is 0.332 e. The van der Waals surface area contributed by atoms with Crippen molar-refractivity contribution in [2.45, 2.75) is 25.8 Å². The summed E-state index contributed by atoms with van der Waals surface area (Å²) in [5, 5.41) is 14.2. The molecule has 0 aliphatic carbocycles. The van der Waals surface area contributed by atoms with E-state index in [2.05, 4.69) is 15.3 Å². The van der Waals surface area contributed by atoms with E-state index < -0.39 is 4.92 Å². The van der Waals surface area contributed by atoms with Gasteiger partial charge in [-0.1, -0.05) is 0 Å². The van der Waals surface area contributed by atoms with Crippen LogP contribution in [-0.4, -0.2) is 32.4 Å². The third-order valence-corrected chi connectivity index (χ3v) is 3.99. The van der Waals surface area contributed by atoms with Gasteiger partial charge in [-0.25, -0.2) is 4.98 Å². The van der Waals surface area contributed by atoms with Crippen LogP contribution in [0.15, 0.2) is 0 Å². The molecule has 0 saturated carbocycles. The number of nitrogens with zero attached hydrogens (tertiary/aromatic N) is 3. The van der Waals surface area contributed by atoms with Crippen molar-refractivity contribution in [3.05, 3.63) is 21.1 Å². The van der Waals surface area contributed by atoms with Crippen molar-refractivity contribution in [2.75, 3.05) is 16.8 Å². The van der Waals surface area contributed by atoms with E-state index in [1.165, 1.54) is 0 Å². The van der Waals surface area contributed by atoms with Crippen LogP contribution in [0.3, 0.4) is 0 Å². The Bertz CT molecular complexity index is 465. The van der Waals surface area contributed by atoms with E-state index in [1.807, 2.05) is 11.8 Å². The van der Waals surface area contributed by atoms with Gasteiger partial charge in [0.05, 0.1) is 4.92 Å². The number of anilines is 1. The number of aryl methyl sites for hydroxylation is 1. The predicted octanol–water partition coefficient (Wildman–Crippen LogP) is 2.65. The normalized spacial score (nSPS) is 16.6. The summed E-state index contributed by atoms with van der Waals surface area (Å²) in [5.74, 6) is 2.35. The average molecular weight is 289 g/mol. The van der Waals surface area contributed by atoms with Crippen LogP contribution in [0.4, 0.5) is 11.5 Å². The summed E-state index contributed by atoms with van der Waals surface area (Å²) in [5.41, 5.74) is 0.199. The van der Waals surface area contributed by atoms with Gasteiger partial charge in [-0.2, -0.15) is 16.7 Å². The topological polar surface area (TPSA) is 81.0 Å². The van der Waals surface area contributed by atoms with Crippen molar-refractivity contribution in [3.63, 3.8) is 0 Å². The first kappa shape index (κ1) is 13.4. The number of thioether (sulfide) groups is 1. The van der Waals surface area contributed by atoms with Crippen LogP contribution in [0.2, 0.25) is 5.28 Å². The van der Waals surface area contributed by atoms with Gasteiger partial charge in [0, 0.05) is 6.04 Å². The molecule has 1 aromatic rings. The molecule has 0 unspecified atom stereocenters. The van der Waals surface area contributed by atoms with Crippen molar-refractivity contribution in [1.82, 2.24) is 9.97 Å². The minimum absolute atomic E-state index is 0.0331. The van der Waals surface area contributed by atoms with Gasteiger partial charge in [0.1, 0.15) is 5.69 Å². The van der Waals surface area contributed by atoms with E-state index in [1.54, 1.807) is 6.92 Å². The lowest BCUT2D eigenvalue weighted by Gasteiger charge is -2.22. The van der Waals surface area contributed by atoms with Crippen LogP contribution in [-0.2, 0) is 0 Å². The molecule has 98 valence electrons. The third kappa shape index (κ3) is 3.02. The van der Waals surface area contributed by atoms with Gasteiger partial charge in [-0.15, -0.1) is 0 Å². The summed E-state index contributed by atoms with van der Waals surface area (Å²) in [7, 11) is 0. The Kier molecular flexibility index (Phi) is 4.23. The monoisotopic (exact) mass is 288 g/mol. The number of nitrogens with one attached hydrogen (secondary N) is 1. The molecule has 8 heteroatoms. The van der Waals surface area contributed by atoms with Crippen molar-refractivity contribution in [3.8, 4) is 0 Å². The Labute approximate surface area is 114 Å². The van der Waals surface area contributed by atoms with Gasteiger partial charge in [0.15, 0.2) is 0 Å². The highest BCUT2D eigenvalue weighted by atomic mass is 35.5. The number of halogens is 1. The molecule has 6 nitrogen and oxygen atoms in total. The molecule has 2 rings (SSSR count). The number of nitro groups is 1. The number of hydrogen-bond acceptors (Lipinski definition) is 6. The van der Waals surface area contributed by atoms with E-state index in [9.17, 15) is 10.1 Å². The van der Waals surface area contributed by atoms with Gasteiger partial charge in [-0.05, 0) is 42.9 Å². The van der Waals surface area contributed by atoms with Crippen LogP contribution in [0.25, 0.3) is 0 Å². The zero-order valence-electron chi connectivity index (χ0n) is 9.85. The van der Waals surface area contributed by atoms with Gasteiger partial charge in [-0.3, -0.25) is 10.1 Å². The fourth-order valence-corrected chi connectivity index (χ4v) is 3.21. The first-order chi connectivity index (χ1) is 8.58. The second kappa shape index (κ2) is 5.71. The Morgan fingerprint density at radius 3 is 2.72 bits per heavy atom. The standard InChI is InChI=1S/C10H13ClN4O2S/c1-6-8(15(16)17)9(14-10(11)12-6)13-7-2-4-18-5-3-7/h7H,2-5H2,1H3,(H,12,13,14). The van der Waals surface area contributed by atoms with E-state index >= 15 is 0 Å². The van der Waals surface area contributed by atoms with Gasteiger partial charge in [0.25, 0.3) is 0 Å². The quantitative estimate of drug-likeness (QED) is 0.523. The molecular formula is C10H13ClN4O2S. The lowest BCUT2D eigenvalue weighted by Crippen LogP contribution is -2.25. The zero-order valence-corrected chi connectivity index (χ0v) is 11.4. The second-order valence-electron chi connectivity index (χ2n) is 4.06. The lowest BCUT2D eigenvalue weighted by molar-refractivity contribution is -0.385. The summed E-state index contributed by atoms with van der Waals surface area (Å²) in [6.07, 6.45) is 1.95. The van der Waals surface area contributed by atoms with E-state index in [-0.39, 0.29) is 28.5 Å². The average Bonchev–Trinajstić information content (AvgIpc) is 2.28. The Morgan fingerprint density at radius 2 is 2.11 bits per heavy atom. The first-order valence-electron chi connectivity index (χ1n) is 5.60. The maximum absolute atomic E-state index is 11.0. The number of rotatable bonds is 3. The maximum Gasteiger partial charge on any atom is 0.332 e. The maximum atomic E-state index is 11.0. The fraction of sp³-hybridized carbons (Fsp3) is 0.600. The largest absolute Gasteiger partial charge is 0.361 e. The van der Waals surface area contributed by atoms with Crippen LogP contribution in [0, 0.1) is 17.0 Å². The molecular weight excluding hydrogens is 276 g/mol. The van der Waals surface area contributed by atoms with Crippen LogP contribution < -0.4 is 5.32 Å². The number of hydrogen-bond donors (Lipinski definition) is 1. The van der Waals surface area contributed by atoms with Gasteiger partial charge in [0.2, 0.25) is 11.1 Å². The summed E-state index contributed by atoms with van der Waals surface area (Å²) in [6.45, 7) is 1.56. The van der Waals surface area contributed by atoms with E-state index in [0.29, 0.717) is 0 Å². The highest BCUT2D eigenvalue weighted by Crippen LogP contribution is 2.29. The minimum atomic E-state index is -0.467. The molecule has 0 bridgehead atoms. The molecule has 1 N–H and O–H groups in total. The Balaban J connectivity index is 2.27. The highest BCUT2D eigenvalue weighted by molar-refractivity contribution is 7.99. The molecule has 0 radical (unpaired) electrons. The first-order valence-corrected chi connectivity index (χ1v) is 7.14. The van der Waals surface area contributed by atoms with Crippen LogP contribution >= 0.6 is 23.4 Å². The van der Waals surface area contributed by atoms with E-state index in [0.717, 1.165) is 24.3 Å². The second-order valence-corrected chi connectivity index (χ2v) is 5.63. The van der Waals surface area contributed by atoms with Crippen LogP contribution in [0.5, 0.6) is 0 Å². The molecule has 2 heterocycles.